The highest BCUT2D eigenvalue weighted by Gasteiger charge is 2.15. The molecule has 2 heterocycles. The second-order valence-electron chi connectivity index (χ2n) is 4.03. The Hall–Kier alpha value is -2.28. The van der Waals surface area contributed by atoms with Crippen LogP contribution < -0.4 is 11.1 Å². The van der Waals surface area contributed by atoms with Crippen molar-refractivity contribution in [3.63, 3.8) is 0 Å². The lowest BCUT2D eigenvalue weighted by atomic mass is 10.2. The predicted molar refractivity (Wildman–Crippen MR) is 76.0 cm³/mol. The Morgan fingerprint density at radius 1 is 1.53 bits per heavy atom. The van der Waals surface area contributed by atoms with Crippen molar-refractivity contribution in [3.8, 4) is 0 Å². The number of carbonyl (C=O) groups excluding carboxylic acids is 1. The number of aryl methyl sites for hydroxylation is 2. The molecule has 0 aromatic carbocycles. The number of hydrogen-bond donors (Lipinski definition) is 2. The number of pyridine rings is 1. The molecule has 0 aliphatic heterocycles. The van der Waals surface area contributed by atoms with Gasteiger partial charge in [0.25, 0.3) is 5.91 Å². The summed E-state index contributed by atoms with van der Waals surface area (Å²) in [5.41, 5.74) is 7.41. The van der Waals surface area contributed by atoms with E-state index in [0.29, 0.717) is 16.9 Å². The number of nitrogens with one attached hydrogen (secondary N) is 1. The summed E-state index contributed by atoms with van der Waals surface area (Å²) in [6.45, 7) is 1.82. The zero-order chi connectivity index (χ0) is 14.0. The van der Waals surface area contributed by atoms with Crippen LogP contribution in [0.25, 0.3) is 0 Å². The van der Waals surface area contributed by atoms with Crippen LogP contribution in [0, 0.1) is 6.92 Å². The monoisotopic (exact) mass is 275 g/mol. The summed E-state index contributed by atoms with van der Waals surface area (Å²) in [7, 11) is 1.70. The maximum absolute atomic E-state index is 12.1. The molecule has 0 spiro atoms. The average Bonchev–Trinajstić information content (AvgIpc) is 2.71. The third kappa shape index (κ3) is 2.76. The number of anilines is 1. The third-order valence-corrected chi connectivity index (χ3v) is 2.81. The number of rotatable bonds is 3. The highest BCUT2D eigenvalue weighted by molar-refractivity contribution is 7.80. The molecule has 2 rings (SSSR count). The summed E-state index contributed by atoms with van der Waals surface area (Å²) < 4.78 is 1.51. The Bertz CT molecular complexity index is 649. The van der Waals surface area contributed by atoms with Gasteiger partial charge in [-0.05, 0) is 19.1 Å². The molecule has 0 unspecified atom stereocenters. The summed E-state index contributed by atoms with van der Waals surface area (Å²) >= 11 is 4.92. The van der Waals surface area contributed by atoms with Crippen LogP contribution in [-0.2, 0) is 7.05 Å². The lowest BCUT2D eigenvalue weighted by molar-refractivity contribution is 0.102. The second kappa shape index (κ2) is 5.15. The van der Waals surface area contributed by atoms with E-state index < -0.39 is 0 Å². The summed E-state index contributed by atoms with van der Waals surface area (Å²) in [6, 6.07) is 3.34. The van der Waals surface area contributed by atoms with Crippen LogP contribution in [0.15, 0.2) is 24.5 Å². The highest BCUT2D eigenvalue weighted by atomic mass is 32.1. The van der Waals surface area contributed by atoms with E-state index >= 15 is 0 Å². The standard InChI is InChI=1S/C12H13N5OS/c1-7-5-8(3-4-14-7)12(18)16-11-9(10(13)19)6-15-17(11)2/h3-6H,1-2H3,(H2,13,19)(H,16,18). The van der Waals surface area contributed by atoms with Crippen molar-refractivity contribution >= 4 is 28.9 Å². The Kier molecular flexibility index (Phi) is 3.57. The van der Waals surface area contributed by atoms with Gasteiger partial charge in [0.15, 0.2) is 0 Å². The first-order chi connectivity index (χ1) is 8.99. The minimum atomic E-state index is -0.258. The molecule has 0 aliphatic carbocycles. The fraction of sp³-hybridized carbons (Fsp3) is 0.167. The van der Waals surface area contributed by atoms with Gasteiger partial charge in [-0.2, -0.15) is 5.10 Å². The van der Waals surface area contributed by atoms with Crippen molar-refractivity contribution in [2.24, 2.45) is 12.8 Å². The maximum atomic E-state index is 12.1. The number of thiocarbonyl (C=S) groups is 1. The molecule has 98 valence electrons. The van der Waals surface area contributed by atoms with Crippen molar-refractivity contribution in [2.75, 3.05) is 5.32 Å². The number of amides is 1. The lowest BCUT2D eigenvalue weighted by Crippen LogP contribution is -2.19. The van der Waals surface area contributed by atoms with E-state index in [9.17, 15) is 4.79 Å². The lowest BCUT2D eigenvalue weighted by Gasteiger charge is -2.08. The first kappa shape index (κ1) is 13.2. The number of nitrogens with zero attached hydrogens (tertiary/aromatic N) is 3. The second-order valence-corrected chi connectivity index (χ2v) is 4.47. The van der Waals surface area contributed by atoms with Crippen LogP contribution in [0.1, 0.15) is 21.6 Å². The van der Waals surface area contributed by atoms with E-state index in [1.807, 2.05) is 6.92 Å². The molecular weight excluding hydrogens is 262 g/mol. The molecule has 0 atom stereocenters. The quantitative estimate of drug-likeness (QED) is 0.816. The molecule has 0 bridgehead atoms. The Morgan fingerprint density at radius 3 is 2.89 bits per heavy atom. The molecule has 0 fully saturated rings. The van der Waals surface area contributed by atoms with Crippen molar-refractivity contribution in [1.29, 1.82) is 0 Å². The van der Waals surface area contributed by atoms with E-state index in [-0.39, 0.29) is 10.9 Å². The van der Waals surface area contributed by atoms with Gasteiger partial charge in [-0.1, -0.05) is 12.2 Å². The Labute approximate surface area is 115 Å². The van der Waals surface area contributed by atoms with Gasteiger partial charge < -0.3 is 11.1 Å². The molecule has 19 heavy (non-hydrogen) atoms. The Balaban J connectivity index is 2.29. The zero-order valence-corrected chi connectivity index (χ0v) is 11.4. The molecule has 0 saturated heterocycles. The van der Waals surface area contributed by atoms with Gasteiger partial charge in [-0.15, -0.1) is 0 Å². The van der Waals surface area contributed by atoms with Crippen molar-refractivity contribution in [1.82, 2.24) is 14.8 Å². The molecule has 0 saturated carbocycles. The van der Waals surface area contributed by atoms with Gasteiger partial charge in [-0.3, -0.25) is 14.5 Å². The molecule has 2 aromatic rings. The van der Waals surface area contributed by atoms with E-state index in [1.165, 1.54) is 10.9 Å². The van der Waals surface area contributed by atoms with Crippen LogP contribution >= 0.6 is 12.2 Å². The van der Waals surface area contributed by atoms with Gasteiger partial charge >= 0.3 is 0 Å². The normalized spacial score (nSPS) is 10.2. The number of carbonyl (C=O) groups is 1. The smallest absolute Gasteiger partial charge is 0.256 e. The summed E-state index contributed by atoms with van der Waals surface area (Å²) in [4.78, 5) is 16.4. The van der Waals surface area contributed by atoms with Crippen LogP contribution in [-0.4, -0.2) is 25.7 Å². The minimum Gasteiger partial charge on any atom is -0.389 e. The van der Waals surface area contributed by atoms with Crippen LogP contribution in [0.3, 0.4) is 0 Å². The fourth-order valence-corrected chi connectivity index (χ4v) is 1.78. The third-order valence-electron chi connectivity index (χ3n) is 2.60. The molecule has 7 heteroatoms. The number of nitrogens with two attached hydrogens (primary N) is 1. The van der Waals surface area contributed by atoms with E-state index in [2.05, 4.69) is 15.4 Å². The first-order valence-corrected chi connectivity index (χ1v) is 5.95. The Morgan fingerprint density at radius 2 is 2.26 bits per heavy atom. The van der Waals surface area contributed by atoms with E-state index in [0.717, 1.165) is 5.69 Å². The molecule has 6 nitrogen and oxygen atoms in total. The van der Waals surface area contributed by atoms with E-state index in [1.54, 1.807) is 25.4 Å². The fourth-order valence-electron chi connectivity index (χ4n) is 1.63. The predicted octanol–water partition coefficient (Wildman–Crippen LogP) is 1.01. The first-order valence-electron chi connectivity index (χ1n) is 5.55. The number of aromatic nitrogens is 3. The zero-order valence-electron chi connectivity index (χ0n) is 10.5. The van der Waals surface area contributed by atoms with Crippen molar-refractivity contribution in [2.45, 2.75) is 6.92 Å². The average molecular weight is 275 g/mol. The molecular formula is C12H13N5OS. The summed E-state index contributed by atoms with van der Waals surface area (Å²) in [5.74, 6) is 0.221. The van der Waals surface area contributed by atoms with Gasteiger partial charge in [0.05, 0.1) is 11.8 Å². The van der Waals surface area contributed by atoms with Gasteiger partial charge in [0.2, 0.25) is 0 Å². The van der Waals surface area contributed by atoms with Gasteiger partial charge in [0.1, 0.15) is 10.8 Å². The molecule has 0 radical (unpaired) electrons. The molecule has 1 amide bonds. The summed E-state index contributed by atoms with van der Waals surface area (Å²) in [5, 5.41) is 6.77. The van der Waals surface area contributed by atoms with Crippen molar-refractivity contribution < 1.29 is 4.79 Å². The summed E-state index contributed by atoms with van der Waals surface area (Å²) in [6.07, 6.45) is 3.11. The highest BCUT2D eigenvalue weighted by Crippen LogP contribution is 2.15. The number of hydrogen-bond acceptors (Lipinski definition) is 4. The van der Waals surface area contributed by atoms with Gasteiger partial charge in [0, 0.05) is 24.5 Å². The van der Waals surface area contributed by atoms with Gasteiger partial charge in [-0.25, -0.2) is 0 Å². The van der Waals surface area contributed by atoms with Crippen LogP contribution in [0.2, 0.25) is 0 Å². The van der Waals surface area contributed by atoms with Crippen LogP contribution in [0.4, 0.5) is 5.82 Å². The SMILES string of the molecule is Cc1cc(C(=O)Nc2c(C(N)=S)cnn2C)ccn1. The van der Waals surface area contributed by atoms with Crippen molar-refractivity contribution in [3.05, 3.63) is 41.3 Å². The largest absolute Gasteiger partial charge is 0.389 e. The molecule has 0 aliphatic rings. The maximum Gasteiger partial charge on any atom is 0.256 e. The minimum absolute atomic E-state index is 0.189. The van der Waals surface area contributed by atoms with Crippen LogP contribution in [0.5, 0.6) is 0 Å². The topological polar surface area (TPSA) is 85.8 Å². The van der Waals surface area contributed by atoms with E-state index in [4.69, 9.17) is 18.0 Å². The molecule has 3 N–H and O–H groups in total. The molecule has 2 aromatic heterocycles.